The second-order valence-electron chi connectivity index (χ2n) is 17.8. The van der Waals surface area contributed by atoms with Crippen molar-refractivity contribution in [1.29, 1.82) is 0 Å². The van der Waals surface area contributed by atoms with E-state index in [9.17, 15) is 23.5 Å². The molecule has 0 saturated carbocycles. The fraction of sp³-hybridized carbons (Fsp3) is 0.558. The summed E-state index contributed by atoms with van der Waals surface area (Å²) in [7, 11) is 1.73. The SMILES string of the molecule is CC(=O)NCCO[C@@H](c1cccc(Cl)c1F)[C@@H]1CCCNC1.CC(=O)NCCO[C@H](c1cccc(Cl)c1F)[C@@H]1CCCNC1.COCCCC[C@@](O)(c1cccc2cccnc12)[C@@H]1CCCNC1. The van der Waals surface area contributed by atoms with Gasteiger partial charge in [0.15, 0.2) is 0 Å². The van der Waals surface area contributed by atoms with Crippen molar-refractivity contribution in [3.63, 3.8) is 0 Å². The van der Waals surface area contributed by atoms with E-state index in [1.54, 1.807) is 31.4 Å². The molecule has 6 N–H and O–H groups in total. The minimum absolute atomic E-state index is 0.103. The van der Waals surface area contributed by atoms with Gasteiger partial charge in [-0.3, -0.25) is 14.6 Å². The highest BCUT2D eigenvalue weighted by atomic mass is 35.5. The number of hydrogen-bond acceptors (Lipinski definition) is 10. The Hall–Kier alpha value is -3.83. The summed E-state index contributed by atoms with van der Waals surface area (Å²) in [5.41, 5.74) is 2.05. The van der Waals surface area contributed by atoms with E-state index in [-0.39, 0.29) is 51.8 Å². The van der Waals surface area contributed by atoms with Crippen LogP contribution in [0.2, 0.25) is 10.0 Å². The summed E-state index contributed by atoms with van der Waals surface area (Å²) < 4.78 is 45.7. The summed E-state index contributed by atoms with van der Waals surface area (Å²) >= 11 is 11.8. The summed E-state index contributed by atoms with van der Waals surface area (Å²) in [5.74, 6) is -0.431. The average molecular weight is 986 g/mol. The molecular weight excluding hydrogens is 914 g/mol. The number of para-hydroxylation sites is 1. The van der Waals surface area contributed by atoms with Gasteiger partial charge >= 0.3 is 0 Å². The highest BCUT2D eigenvalue weighted by Crippen LogP contribution is 2.41. The number of fused-ring (bicyclic) bond motifs is 1. The number of hydrogen-bond donors (Lipinski definition) is 6. The summed E-state index contributed by atoms with van der Waals surface area (Å²) in [6.45, 7) is 10.6. The zero-order chi connectivity index (χ0) is 48.7. The molecule has 3 saturated heterocycles. The topological polar surface area (TPSA) is 155 Å². The molecule has 3 aromatic carbocycles. The summed E-state index contributed by atoms with van der Waals surface area (Å²) in [6.07, 6.45) is 9.96. The number of halogens is 4. The van der Waals surface area contributed by atoms with Gasteiger partial charge in [-0.25, -0.2) is 8.78 Å². The van der Waals surface area contributed by atoms with Gasteiger partial charge in [-0.2, -0.15) is 0 Å². The van der Waals surface area contributed by atoms with Gasteiger partial charge in [-0.1, -0.05) is 71.7 Å². The lowest BCUT2D eigenvalue weighted by Gasteiger charge is -2.39. The van der Waals surface area contributed by atoms with E-state index in [4.69, 9.17) is 37.4 Å². The first-order chi connectivity index (χ1) is 32.9. The van der Waals surface area contributed by atoms with Crippen LogP contribution in [-0.2, 0) is 29.4 Å². The predicted octanol–water partition coefficient (Wildman–Crippen LogP) is 8.58. The van der Waals surface area contributed by atoms with Crippen molar-refractivity contribution < 1.29 is 37.7 Å². The summed E-state index contributed by atoms with van der Waals surface area (Å²) in [5, 5.41) is 28.6. The molecule has 68 heavy (non-hydrogen) atoms. The number of pyridine rings is 1. The van der Waals surface area contributed by atoms with Gasteiger partial charge in [0.05, 0.1) is 46.6 Å². The second-order valence-corrected chi connectivity index (χ2v) is 18.7. The molecule has 4 aromatic rings. The molecule has 1 aromatic heterocycles. The quantitative estimate of drug-likeness (QED) is 0.0504. The minimum atomic E-state index is -0.838. The van der Waals surface area contributed by atoms with Crippen molar-refractivity contribution in [2.24, 2.45) is 17.8 Å². The highest BCUT2D eigenvalue weighted by Gasteiger charge is 2.40. The molecule has 0 radical (unpaired) electrons. The zero-order valence-corrected chi connectivity index (χ0v) is 41.4. The number of nitrogens with zero attached hydrogens (tertiary/aromatic N) is 1. The molecule has 0 bridgehead atoms. The Morgan fingerprint density at radius 2 is 1.25 bits per heavy atom. The Bertz CT molecular complexity index is 2040. The lowest BCUT2D eigenvalue weighted by atomic mass is 9.74. The van der Waals surface area contributed by atoms with Gasteiger partial charge in [0, 0.05) is 106 Å². The summed E-state index contributed by atoms with van der Waals surface area (Å²) in [6, 6.07) is 20.2. The second kappa shape index (κ2) is 29.4. The molecule has 7 rings (SSSR count). The number of nitrogens with one attached hydrogen (secondary N) is 5. The van der Waals surface area contributed by atoms with Crippen LogP contribution in [0.15, 0.2) is 72.9 Å². The van der Waals surface area contributed by atoms with E-state index >= 15 is 0 Å². The number of unbranched alkanes of at least 4 members (excludes halogenated alkanes) is 1. The normalized spacial score (nSPS) is 20.1. The van der Waals surface area contributed by atoms with Gasteiger partial charge < -0.3 is 45.9 Å². The first-order valence-corrected chi connectivity index (χ1v) is 25.0. The molecule has 12 nitrogen and oxygen atoms in total. The van der Waals surface area contributed by atoms with Gasteiger partial charge in [0.25, 0.3) is 0 Å². The third-order valence-electron chi connectivity index (χ3n) is 12.9. The molecule has 16 heteroatoms. The van der Waals surface area contributed by atoms with Gasteiger partial charge in [0.1, 0.15) is 11.6 Å². The lowest BCUT2D eigenvalue weighted by molar-refractivity contribution is -0.120. The Balaban J connectivity index is 0.000000191. The number of ether oxygens (including phenoxy) is 3. The minimum Gasteiger partial charge on any atom is -0.385 e. The van der Waals surface area contributed by atoms with Crippen LogP contribution in [0.3, 0.4) is 0 Å². The van der Waals surface area contributed by atoms with E-state index in [1.165, 1.54) is 26.0 Å². The zero-order valence-electron chi connectivity index (χ0n) is 39.9. The van der Waals surface area contributed by atoms with Crippen molar-refractivity contribution in [3.8, 4) is 0 Å². The number of benzene rings is 3. The maximum absolute atomic E-state index is 14.3. The Labute approximate surface area is 411 Å². The molecular formula is C52H72Cl2F2N6O6. The lowest BCUT2D eigenvalue weighted by Crippen LogP contribution is -2.44. The first-order valence-electron chi connectivity index (χ1n) is 24.2. The molecule has 3 fully saturated rings. The number of carbonyl (C=O) groups is 2. The smallest absolute Gasteiger partial charge is 0.216 e. The van der Waals surface area contributed by atoms with Crippen LogP contribution in [-0.4, -0.2) is 101 Å². The van der Waals surface area contributed by atoms with Crippen LogP contribution in [0.25, 0.3) is 10.9 Å². The fourth-order valence-electron chi connectivity index (χ4n) is 9.45. The Morgan fingerprint density at radius 1 is 0.735 bits per heavy atom. The number of aromatic nitrogens is 1. The molecule has 0 spiro atoms. The van der Waals surface area contributed by atoms with Crippen LogP contribution < -0.4 is 26.6 Å². The monoisotopic (exact) mass is 984 g/mol. The van der Waals surface area contributed by atoms with Crippen LogP contribution in [0, 0.1) is 29.4 Å². The number of aliphatic hydroxyl groups is 1. The van der Waals surface area contributed by atoms with Crippen LogP contribution in [0.1, 0.15) is 101 Å². The van der Waals surface area contributed by atoms with Crippen molar-refractivity contribution >= 4 is 45.9 Å². The predicted molar refractivity (Wildman–Crippen MR) is 266 cm³/mol. The molecule has 3 aliphatic rings. The Kier molecular flexibility index (Phi) is 23.8. The molecule has 0 aliphatic carbocycles. The van der Waals surface area contributed by atoms with E-state index in [0.717, 1.165) is 120 Å². The van der Waals surface area contributed by atoms with Crippen LogP contribution in [0.4, 0.5) is 8.78 Å². The van der Waals surface area contributed by atoms with Crippen molar-refractivity contribution in [3.05, 3.63) is 111 Å². The molecule has 3 aliphatic heterocycles. The van der Waals surface area contributed by atoms with Crippen LogP contribution >= 0.6 is 23.2 Å². The summed E-state index contributed by atoms with van der Waals surface area (Å²) in [4.78, 5) is 26.4. The molecule has 374 valence electrons. The number of piperidine rings is 3. The van der Waals surface area contributed by atoms with E-state index in [2.05, 4.69) is 49.8 Å². The van der Waals surface area contributed by atoms with Crippen molar-refractivity contribution in [2.45, 2.75) is 89.4 Å². The highest BCUT2D eigenvalue weighted by molar-refractivity contribution is 6.31. The van der Waals surface area contributed by atoms with Gasteiger partial charge in [-0.05, 0) is 95.6 Å². The van der Waals surface area contributed by atoms with E-state index < -0.39 is 17.2 Å². The van der Waals surface area contributed by atoms with Crippen molar-refractivity contribution in [2.75, 3.05) is 79.3 Å². The number of amides is 2. The Morgan fingerprint density at radius 3 is 1.74 bits per heavy atom. The third kappa shape index (κ3) is 16.7. The van der Waals surface area contributed by atoms with E-state index in [1.807, 2.05) is 18.3 Å². The molecule has 0 unspecified atom stereocenters. The first kappa shape index (κ1) is 55.1. The standard InChI is InChI=1S/C20H28N2O2.2C16H22ClFN2O2/c1-24-14-3-2-11-20(23,17-9-6-12-21-15-17)18-10-4-7-16-8-5-13-22-19(16)18;2*1-11(21)20-8-9-22-16(12-4-3-7-19-10-12)13-5-2-6-14(17)15(13)18/h4-5,7-8,10,13,17,21,23H,2-3,6,9,11-12,14-15H2,1H3;2*2,5-6,12,16,19H,3-4,7-10H2,1H3,(H,20,21)/t17-,20+;12-,16+;12-,16-/m111/s1. The number of methoxy groups -OCH3 is 1. The van der Waals surface area contributed by atoms with Crippen molar-refractivity contribution in [1.82, 2.24) is 31.6 Å². The van der Waals surface area contributed by atoms with E-state index in [0.29, 0.717) is 37.4 Å². The third-order valence-corrected chi connectivity index (χ3v) is 13.5. The van der Waals surface area contributed by atoms with Gasteiger partial charge in [0.2, 0.25) is 11.8 Å². The number of carbonyl (C=O) groups excluding carboxylic acids is 2. The largest absolute Gasteiger partial charge is 0.385 e. The fourth-order valence-corrected chi connectivity index (χ4v) is 9.82. The molecule has 6 atom stereocenters. The van der Waals surface area contributed by atoms with Crippen LogP contribution in [0.5, 0.6) is 0 Å². The number of rotatable bonds is 19. The molecule has 4 heterocycles. The average Bonchev–Trinajstić information content (AvgIpc) is 3.36. The maximum Gasteiger partial charge on any atom is 0.216 e. The van der Waals surface area contributed by atoms with Gasteiger partial charge in [-0.15, -0.1) is 0 Å². The maximum atomic E-state index is 14.3. The molecule has 2 amide bonds.